The first-order valence-electron chi connectivity index (χ1n) is 12.4. The van der Waals surface area contributed by atoms with Crippen molar-refractivity contribution < 1.29 is 32.7 Å². The van der Waals surface area contributed by atoms with E-state index in [-0.39, 0.29) is 38.6 Å². The summed E-state index contributed by atoms with van der Waals surface area (Å²) in [5.41, 5.74) is 1.22. The minimum absolute atomic E-state index is 0.00648. The lowest BCUT2D eigenvalue weighted by Gasteiger charge is -2.28. The highest BCUT2D eigenvalue weighted by atomic mass is 19.3. The number of rotatable bonds is 11. The van der Waals surface area contributed by atoms with Gasteiger partial charge in [0.1, 0.15) is 17.8 Å². The molecule has 2 atom stereocenters. The molecule has 1 fully saturated rings. The Morgan fingerprint density at radius 2 is 1.74 bits per heavy atom. The predicted molar refractivity (Wildman–Crippen MR) is 134 cm³/mol. The van der Waals surface area contributed by atoms with Gasteiger partial charge in [0.25, 0.3) is 5.91 Å². The van der Waals surface area contributed by atoms with Crippen molar-refractivity contribution in [2.45, 2.75) is 63.6 Å². The first kappa shape index (κ1) is 28.7. The van der Waals surface area contributed by atoms with Crippen molar-refractivity contribution in [2.75, 3.05) is 7.11 Å². The van der Waals surface area contributed by atoms with E-state index in [9.17, 15) is 28.0 Å². The van der Waals surface area contributed by atoms with Crippen molar-refractivity contribution in [3.63, 3.8) is 0 Å². The van der Waals surface area contributed by atoms with Gasteiger partial charge in [-0.3, -0.25) is 24.2 Å². The molecule has 38 heavy (non-hydrogen) atoms. The Morgan fingerprint density at radius 3 is 2.34 bits per heavy atom. The molecule has 1 aliphatic carbocycles. The number of hydrogen-bond donors (Lipinski definition) is 3. The molecule has 3 rings (SSSR count). The number of amides is 3. The Bertz CT molecular complexity index is 1120. The highest BCUT2D eigenvalue weighted by Crippen LogP contribution is 2.36. The van der Waals surface area contributed by atoms with E-state index in [0.29, 0.717) is 11.4 Å². The lowest BCUT2D eigenvalue weighted by atomic mass is 9.86. The number of methoxy groups -OCH3 is 1. The Balaban J connectivity index is 1.61. The van der Waals surface area contributed by atoms with Crippen LogP contribution in [0.25, 0.3) is 0 Å². The maximum atomic E-state index is 13.4. The lowest BCUT2D eigenvalue weighted by molar-refractivity contribution is -0.140. The molecule has 1 saturated carbocycles. The molecule has 11 heteroatoms. The number of Topliss-reactive ketones (excluding diaryl/α,β-unsaturated/α-hetero) is 1. The van der Waals surface area contributed by atoms with Crippen molar-refractivity contribution in [3.8, 4) is 5.75 Å². The maximum Gasteiger partial charge on any atom is 0.289 e. The van der Waals surface area contributed by atoms with Crippen molar-refractivity contribution in [3.05, 3.63) is 59.9 Å². The summed E-state index contributed by atoms with van der Waals surface area (Å²) in [4.78, 5) is 55.2. The molecule has 1 aromatic carbocycles. The summed E-state index contributed by atoms with van der Waals surface area (Å²) in [6, 6.07) is 9.94. The van der Waals surface area contributed by atoms with Crippen LogP contribution in [0.2, 0.25) is 0 Å². The number of halogens is 2. The number of alkyl halides is 2. The fourth-order valence-electron chi connectivity index (χ4n) is 4.11. The van der Waals surface area contributed by atoms with Gasteiger partial charge in [0, 0.05) is 25.2 Å². The number of pyridine rings is 1. The number of nitrogens with zero attached hydrogens (tertiary/aromatic N) is 1. The van der Waals surface area contributed by atoms with Gasteiger partial charge in [-0.05, 0) is 37.5 Å². The smallest absolute Gasteiger partial charge is 0.289 e. The van der Waals surface area contributed by atoms with Crippen molar-refractivity contribution in [1.29, 1.82) is 0 Å². The fourth-order valence-corrected chi connectivity index (χ4v) is 4.11. The SMILES string of the molecule is COc1ccc(CNC(=O)C(=O)[C@@H](Cc2ccccc2)NC(=O)[C@@H](C)NC(=O)C2CCC(F)(F)CC2)nc1. The number of hydrogen-bond acceptors (Lipinski definition) is 6. The van der Waals surface area contributed by atoms with Crippen LogP contribution < -0.4 is 20.7 Å². The average molecular weight is 531 g/mol. The van der Waals surface area contributed by atoms with Crippen molar-refractivity contribution in [1.82, 2.24) is 20.9 Å². The first-order chi connectivity index (χ1) is 18.1. The van der Waals surface area contributed by atoms with Gasteiger partial charge in [-0.1, -0.05) is 30.3 Å². The molecule has 0 unspecified atom stereocenters. The third kappa shape index (κ3) is 8.32. The molecular weight excluding hydrogens is 498 g/mol. The van der Waals surface area contributed by atoms with Gasteiger partial charge in [-0.25, -0.2) is 8.78 Å². The molecule has 1 aromatic heterocycles. The van der Waals surface area contributed by atoms with Crippen LogP contribution in [-0.2, 0) is 32.1 Å². The summed E-state index contributed by atoms with van der Waals surface area (Å²) in [5, 5.41) is 7.62. The normalized spacial score (nSPS) is 16.5. The van der Waals surface area contributed by atoms with Crippen LogP contribution in [0.4, 0.5) is 8.78 Å². The molecule has 0 saturated heterocycles. The largest absolute Gasteiger partial charge is 0.495 e. The minimum atomic E-state index is -2.77. The summed E-state index contributed by atoms with van der Waals surface area (Å²) >= 11 is 0. The first-order valence-corrected chi connectivity index (χ1v) is 12.4. The number of ether oxygens (including phenoxy) is 1. The summed E-state index contributed by atoms with van der Waals surface area (Å²) in [7, 11) is 1.50. The molecule has 0 aliphatic heterocycles. The molecular formula is C27H32F2N4O5. The van der Waals surface area contributed by atoms with Crippen LogP contribution in [0, 0.1) is 5.92 Å². The Morgan fingerprint density at radius 1 is 1.05 bits per heavy atom. The standard InChI is InChI=1S/C27H32F2N4O5/c1-17(32-25(36)19-10-12-27(28,29)13-11-19)24(35)33-22(14-18-6-4-3-5-7-18)23(34)26(37)31-15-20-8-9-21(38-2)16-30-20/h3-9,16-17,19,22H,10-15H2,1-2H3,(H,31,37)(H,32,36)(H,33,35)/t17-,22-/m1/s1. The molecule has 2 aromatic rings. The van der Waals surface area contributed by atoms with Crippen LogP contribution in [0.1, 0.15) is 43.9 Å². The van der Waals surface area contributed by atoms with Crippen LogP contribution >= 0.6 is 0 Å². The molecule has 0 bridgehead atoms. The Hall–Kier alpha value is -3.89. The van der Waals surface area contributed by atoms with Crippen LogP contribution in [0.3, 0.4) is 0 Å². The summed E-state index contributed by atoms with van der Waals surface area (Å²) < 4.78 is 31.9. The van der Waals surface area contributed by atoms with Crippen LogP contribution in [0.5, 0.6) is 5.75 Å². The number of nitrogens with one attached hydrogen (secondary N) is 3. The van der Waals surface area contributed by atoms with E-state index in [0.717, 1.165) is 5.56 Å². The second-order valence-electron chi connectivity index (χ2n) is 9.35. The zero-order valence-electron chi connectivity index (χ0n) is 21.3. The van der Waals surface area contributed by atoms with Crippen LogP contribution in [-0.4, -0.2) is 53.6 Å². The topological polar surface area (TPSA) is 126 Å². The Labute approximate surface area is 219 Å². The molecule has 0 radical (unpaired) electrons. The maximum absolute atomic E-state index is 13.4. The van der Waals surface area contributed by atoms with Gasteiger partial charge in [-0.2, -0.15) is 0 Å². The molecule has 9 nitrogen and oxygen atoms in total. The fraction of sp³-hybridized carbons (Fsp3) is 0.444. The second-order valence-corrected chi connectivity index (χ2v) is 9.35. The van der Waals surface area contributed by atoms with Gasteiger partial charge in [0.2, 0.25) is 23.5 Å². The average Bonchev–Trinajstić information content (AvgIpc) is 2.91. The third-order valence-electron chi connectivity index (χ3n) is 6.44. The molecule has 1 heterocycles. The molecule has 204 valence electrons. The number of carbonyl (C=O) groups is 4. The van der Waals surface area contributed by atoms with Gasteiger partial charge < -0.3 is 20.7 Å². The second kappa shape index (κ2) is 13.1. The van der Waals surface area contributed by atoms with E-state index in [1.165, 1.54) is 20.2 Å². The number of ketones is 1. The predicted octanol–water partition coefficient (Wildman–Crippen LogP) is 2.33. The van der Waals surface area contributed by atoms with E-state index in [1.54, 1.807) is 42.5 Å². The highest BCUT2D eigenvalue weighted by Gasteiger charge is 2.38. The van der Waals surface area contributed by atoms with E-state index >= 15 is 0 Å². The summed E-state index contributed by atoms with van der Waals surface area (Å²) in [5.74, 6) is -5.74. The number of aromatic nitrogens is 1. The number of carbonyl (C=O) groups excluding carboxylic acids is 4. The monoisotopic (exact) mass is 530 g/mol. The third-order valence-corrected chi connectivity index (χ3v) is 6.44. The molecule has 3 amide bonds. The van der Waals surface area contributed by atoms with Crippen molar-refractivity contribution >= 4 is 23.5 Å². The van der Waals surface area contributed by atoms with E-state index in [4.69, 9.17) is 4.74 Å². The molecule has 1 aliphatic rings. The lowest BCUT2D eigenvalue weighted by Crippen LogP contribution is -2.54. The van der Waals surface area contributed by atoms with Crippen molar-refractivity contribution in [2.24, 2.45) is 5.92 Å². The minimum Gasteiger partial charge on any atom is -0.495 e. The number of benzene rings is 1. The highest BCUT2D eigenvalue weighted by molar-refractivity contribution is 6.38. The molecule has 3 N–H and O–H groups in total. The summed E-state index contributed by atoms with van der Waals surface area (Å²) in [6.45, 7) is 1.43. The van der Waals surface area contributed by atoms with E-state index < -0.39 is 47.4 Å². The van der Waals surface area contributed by atoms with Crippen LogP contribution in [0.15, 0.2) is 48.7 Å². The zero-order chi connectivity index (χ0) is 27.7. The molecule has 0 spiro atoms. The van der Waals surface area contributed by atoms with Gasteiger partial charge >= 0.3 is 0 Å². The van der Waals surface area contributed by atoms with E-state index in [1.807, 2.05) is 0 Å². The van der Waals surface area contributed by atoms with E-state index in [2.05, 4.69) is 20.9 Å². The van der Waals surface area contributed by atoms with Gasteiger partial charge in [0.05, 0.1) is 25.5 Å². The Kier molecular flexibility index (Phi) is 9.86. The zero-order valence-corrected chi connectivity index (χ0v) is 21.3. The summed E-state index contributed by atoms with van der Waals surface area (Å²) in [6.07, 6.45) is 0.853. The quantitative estimate of drug-likeness (QED) is 0.383. The van der Waals surface area contributed by atoms with Gasteiger partial charge in [-0.15, -0.1) is 0 Å². The van der Waals surface area contributed by atoms with Gasteiger partial charge in [0.15, 0.2) is 0 Å².